The molecule has 0 heterocycles. The Kier molecular flexibility index (Phi) is 18.3. The van der Waals surface area contributed by atoms with E-state index >= 15 is 0 Å². The minimum atomic E-state index is 1.15. The maximum absolute atomic E-state index is 4.00. The Balaban J connectivity index is 3.67. The number of nitrogens with zero attached hydrogens (tertiary/aromatic N) is 1. The van der Waals surface area contributed by atoms with Crippen LogP contribution in [-0.2, 0) is 0 Å². The van der Waals surface area contributed by atoms with E-state index in [-0.39, 0.29) is 0 Å². The summed E-state index contributed by atoms with van der Waals surface area (Å²) < 4.78 is 1.22. The van der Waals surface area contributed by atoms with Gasteiger partial charge in [0.2, 0.25) is 0 Å². The van der Waals surface area contributed by atoms with Crippen LogP contribution in [0.3, 0.4) is 0 Å². The van der Waals surface area contributed by atoms with Gasteiger partial charge in [0.15, 0.2) is 0 Å². The average molecular weight is 353 g/mol. The van der Waals surface area contributed by atoms with Gasteiger partial charge in [-0.25, -0.2) is 0 Å². The normalized spacial score (nSPS) is 13.7. The summed E-state index contributed by atoms with van der Waals surface area (Å²) in [7, 11) is 2.45. The molecule has 1 atom stereocenters. The SMILES string of the molecule is C=CC[N+](C)(CCCCCCCCC)CCCCCCCCCCC. The van der Waals surface area contributed by atoms with Crippen molar-refractivity contribution in [1.82, 2.24) is 0 Å². The first-order chi connectivity index (χ1) is 12.2. The zero-order valence-corrected chi connectivity index (χ0v) is 18.2. The molecule has 0 rings (SSSR count). The van der Waals surface area contributed by atoms with Crippen molar-refractivity contribution >= 4 is 0 Å². The molecule has 0 aliphatic rings. The highest BCUT2D eigenvalue weighted by Crippen LogP contribution is 2.14. The topological polar surface area (TPSA) is 0 Å². The van der Waals surface area contributed by atoms with Gasteiger partial charge >= 0.3 is 0 Å². The summed E-state index contributed by atoms with van der Waals surface area (Å²) in [5.41, 5.74) is 0. The van der Waals surface area contributed by atoms with Crippen LogP contribution in [0.2, 0.25) is 0 Å². The van der Waals surface area contributed by atoms with Crippen molar-refractivity contribution in [1.29, 1.82) is 0 Å². The van der Waals surface area contributed by atoms with Gasteiger partial charge in [-0.1, -0.05) is 97.5 Å². The smallest absolute Gasteiger partial charge is 0.0969 e. The van der Waals surface area contributed by atoms with Crippen LogP contribution in [0, 0.1) is 0 Å². The van der Waals surface area contributed by atoms with Crippen molar-refractivity contribution in [2.75, 3.05) is 26.7 Å². The first kappa shape index (κ1) is 24.7. The molecule has 150 valence electrons. The van der Waals surface area contributed by atoms with E-state index in [0.717, 1.165) is 6.54 Å². The molecule has 0 radical (unpaired) electrons. The van der Waals surface area contributed by atoms with Gasteiger partial charge in [0.25, 0.3) is 0 Å². The maximum Gasteiger partial charge on any atom is 0.0969 e. The summed E-state index contributed by atoms with van der Waals surface area (Å²) in [6, 6.07) is 0. The number of quaternary nitrogens is 1. The minimum absolute atomic E-state index is 1.15. The lowest BCUT2D eigenvalue weighted by Crippen LogP contribution is -2.45. The van der Waals surface area contributed by atoms with Crippen molar-refractivity contribution < 1.29 is 4.48 Å². The molecule has 0 bridgehead atoms. The highest BCUT2D eigenvalue weighted by molar-refractivity contribution is 4.65. The number of rotatable bonds is 20. The molecule has 0 aromatic carbocycles. The van der Waals surface area contributed by atoms with E-state index < -0.39 is 0 Å². The van der Waals surface area contributed by atoms with E-state index in [1.165, 1.54) is 120 Å². The van der Waals surface area contributed by atoms with Crippen LogP contribution in [0.1, 0.15) is 117 Å². The molecule has 1 nitrogen and oxygen atoms in total. The Morgan fingerprint density at radius 3 is 1.20 bits per heavy atom. The van der Waals surface area contributed by atoms with E-state index in [0.29, 0.717) is 0 Å². The summed E-state index contributed by atoms with van der Waals surface area (Å²) in [6.45, 7) is 12.4. The van der Waals surface area contributed by atoms with Crippen LogP contribution in [0.25, 0.3) is 0 Å². The Hall–Kier alpha value is -0.300. The number of likely N-dealkylation sites (N-methyl/N-ethyl adjacent to an activating group) is 1. The molecular weight excluding hydrogens is 302 g/mol. The van der Waals surface area contributed by atoms with Gasteiger partial charge in [-0.2, -0.15) is 0 Å². The summed E-state index contributed by atoms with van der Waals surface area (Å²) in [5, 5.41) is 0. The largest absolute Gasteiger partial charge is 0.323 e. The molecule has 0 amide bonds. The molecule has 0 saturated carbocycles. The third-order valence-electron chi connectivity index (χ3n) is 5.67. The molecule has 0 N–H and O–H groups in total. The average Bonchev–Trinajstić information content (AvgIpc) is 2.60. The second kappa shape index (κ2) is 18.5. The summed E-state index contributed by atoms with van der Waals surface area (Å²) in [4.78, 5) is 0. The molecule has 0 spiro atoms. The fourth-order valence-electron chi connectivity index (χ4n) is 3.86. The molecule has 0 saturated heterocycles. The lowest BCUT2D eigenvalue weighted by atomic mass is 10.1. The predicted octanol–water partition coefficient (Wildman–Crippen LogP) is 7.90. The van der Waals surface area contributed by atoms with Gasteiger partial charge in [-0.3, -0.25) is 0 Å². The van der Waals surface area contributed by atoms with E-state index in [4.69, 9.17) is 0 Å². The molecule has 0 aliphatic heterocycles. The molecular formula is C24H50N+. The number of unbranched alkanes of at least 4 members (excludes halogenated alkanes) is 14. The van der Waals surface area contributed by atoms with Crippen LogP contribution in [0.15, 0.2) is 12.7 Å². The van der Waals surface area contributed by atoms with E-state index in [2.05, 4.69) is 33.6 Å². The third-order valence-corrected chi connectivity index (χ3v) is 5.67. The molecule has 0 fully saturated rings. The zero-order valence-electron chi connectivity index (χ0n) is 18.2. The maximum atomic E-state index is 4.00. The zero-order chi connectivity index (χ0) is 18.6. The van der Waals surface area contributed by atoms with Crippen molar-refractivity contribution in [2.24, 2.45) is 0 Å². The number of hydrogen-bond acceptors (Lipinski definition) is 0. The molecule has 1 unspecified atom stereocenters. The van der Waals surface area contributed by atoms with Crippen LogP contribution in [0.5, 0.6) is 0 Å². The Morgan fingerprint density at radius 2 is 0.880 bits per heavy atom. The monoisotopic (exact) mass is 352 g/mol. The van der Waals surface area contributed by atoms with Crippen LogP contribution in [-0.4, -0.2) is 31.2 Å². The molecule has 0 aromatic heterocycles. The Bertz CT molecular complexity index is 273. The predicted molar refractivity (Wildman–Crippen MR) is 116 cm³/mol. The van der Waals surface area contributed by atoms with Crippen LogP contribution in [0.4, 0.5) is 0 Å². The first-order valence-corrected chi connectivity index (χ1v) is 11.6. The molecule has 25 heavy (non-hydrogen) atoms. The van der Waals surface area contributed by atoms with E-state index in [9.17, 15) is 0 Å². The van der Waals surface area contributed by atoms with Crippen molar-refractivity contribution in [3.05, 3.63) is 12.7 Å². The van der Waals surface area contributed by atoms with E-state index in [1.54, 1.807) is 0 Å². The van der Waals surface area contributed by atoms with Crippen molar-refractivity contribution in [2.45, 2.75) is 117 Å². The van der Waals surface area contributed by atoms with Gasteiger partial charge in [-0.15, -0.1) is 0 Å². The molecule has 1 heteroatoms. The highest BCUT2D eigenvalue weighted by Gasteiger charge is 2.18. The van der Waals surface area contributed by atoms with Crippen LogP contribution >= 0.6 is 0 Å². The Morgan fingerprint density at radius 1 is 0.560 bits per heavy atom. The van der Waals surface area contributed by atoms with Crippen molar-refractivity contribution in [3.63, 3.8) is 0 Å². The Labute approximate surface area is 160 Å². The van der Waals surface area contributed by atoms with Gasteiger partial charge in [0, 0.05) is 0 Å². The summed E-state index contributed by atoms with van der Waals surface area (Å²) in [6.07, 6.45) is 24.9. The standard InChI is InChI=1S/C24H50N/c1-5-8-10-12-14-15-17-19-21-24-25(4,22-7-3)23-20-18-16-13-11-9-6-2/h7H,3,5-6,8-24H2,1-2,4H3/q+1. The van der Waals surface area contributed by atoms with Gasteiger partial charge in [-0.05, 0) is 31.8 Å². The summed E-state index contributed by atoms with van der Waals surface area (Å²) in [5.74, 6) is 0. The highest BCUT2D eigenvalue weighted by atomic mass is 15.3. The quantitative estimate of drug-likeness (QED) is 0.119. The van der Waals surface area contributed by atoms with Crippen molar-refractivity contribution in [3.8, 4) is 0 Å². The lowest BCUT2D eigenvalue weighted by molar-refractivity contribution is -0.904. The fraction of sp³-hybridized carbons (Fsp3) is 0.917. The van der Waals surface area contributed by atoms with Gasteiger partial charge in [0.05, 0.1) is 26.7 Å². The second-order valence-corrected chi connectivity index (χ2v) is 8.49. The second-order valence-electron chi connectivity index (χ2n) is 8.49. The first-order valence-electron chi connectivity index (χ1n) is 11.6. The molecule has 0 aliphatic carbocycles. The fourth-order valence-corrected chi connectivity index (χ4v) is 3.86. The van der Waals surface area contributed by atoms with Gasteiger partial charge < -0.3 is 4.48 Å². The minimum Gasteiger partial charge on any atom is -0.323 e. The molecule has 0 aromatic rings. The summed E-state index contributed by atoms with van der Waals surface area (Å²) >= 11 is 0. The third kappa shape index (κ3) is 16.9. The van der Waals surface area contributed by atoms with Crippen LogP contribution < -0.4 is 0 Å². The lowest BCUT2D eigenvalue weighted by Gasteiger charge is -2.34. The number of hydrogen-bond donors (Lipinski definition) is 0. The van der Waals surface area contributed by atoms with Gasteiger partial charge in [0.1, 0.15) is 0 Å². The van der Waals surface area contributed by atoms with E-state index in [1.807, 2.05) is 0 Å².